The first-order valence-electron chi connectivity index (χ1n) is 8.00. The Labute approximate surface area is 158 Å². The van der Waals surface area contributed by atoms with Gasteiger partial charge in [0.2, 0.25) is 0 Å². The van der Waals surface area contributed by atoms with E-state index in [1.165, 1.54) is 0 Å². The van der Waals surface area contributed by atoms with Crippen molar-refractivity contribution in [2.24, 2.45) is 0 Å². The van der Waals surface area contributed by atoms with Crippen LogP contribution in [-0.4, -0.2) is 35.5 Å². The molecule has 1 amide bonds. The van der Waals surface area contributed by atoms with Gasteiger partial charge in [0.1, 0.15) is 4.88 Å². The lowest BCUT2D eigenvalue weighted by Crippen LogP contribution is -2.11. The van der Waals surface area contributed by atoms with Crippen LogP contribution in [0, 0.1) is 6.92 Å². The molecule has 0 saturated heterocycles. The fraction of sp³-hybridized carbons (Fsp3) is 0.0588. The van der Waals surface area contributed by atoms with Gasteiger partial charge in [-0.05, 0) is 60.9 Å². The first-order chi connectivity index (χ1) is 13.2. The third-order valence-corrected chi connectivity index (χ3v) is 4.49. The lowest BCUT2D eigenvalue weighted by atomic mass is 10.2. The Kier molecular flexibility index (Phi) is 4.54. The molecule has 3 heterocycles. The summed E-state index contributed by atoms with van der Waals surface area (Å²) in [6.45, 7) is 1.75. The van der Waals surface area contributed by atoms with Crippen molar-refractivity contribution in [3.05, 3.63) is 65.4 Å². The van der Waals surface area contributed by atoms with Crippen LogP contribution < -0.4 is 10.6 Å². The number of hydrogen-bond donors (Lipinski definition) is 2. The van der Waals surface area contributed by atoms with E-state index in [0.29, 0.717) is 27.9 Å². The van der Waals surface area contributed by atoms with E-state index < -0.39 is 0 Å². The molecule has 0 aliphatic rings. The second kappa shape index (κ2) is 7.30. The summed E-state index contributed by atoms with van der Waals surface area (Å²) in [7, 11) is 0. The molecule has 0 unspecified atom stereocenters. The standard InChI is InChI=1S/C17H14N8OS/c1-11-16(27-24-21-11)17(26)20-13-5-3-12(4-6-13)19-14-7-8-15(23-22-14)25-10-2-9-18-25/h2-10H,1H3,(H,19,22)(H,20,26). The van der Waals surface area contributed by atoms with Crippen LogP contribution >= 0.6 is 11.5 Å². The summed E-state index contributed by atoms with van der Waals surface area (Å²) >= 11 is 1.08. The first kappa shape index (κ1) is 16.8. The number of rotatable bonds is 5. The molecule has 2 N–H and O–H groups in total. The van der Waals surface area contributed by atoms with Crippen LogP contribution in [0.5, 0.6) is 0 Å². The molecule has 0 aliphatic heterocycles. The van der Waals surface area contributed by atoms with Gasteiger partial charge in [0, 0.05) is 23.8 Å². The van der Waals surface area contributed by atoms with Crippen LogP contribution in [-0.2, 0) is 0 Å². The van der Waals surface area contributed by atoms with Gasteiger partial charge in [0.05, 0.1) is 5.69 Å². The second-order valence-corrected chi connectivity index (χ2v) is 6.33. The number of anilines is 3. The molecule has 0 radical (unpaired) electrons. The molecule has 134 valence electrons. The minimum atomic E-state index is -0.219. The maximum atomic E-state index is 12.2. The summed E-state index contributed by atoms with van der Waals surface area (Å²) in [5, 5.41) is 22.2. The normalized spacial score (nSPS) is 10.6. The molecule has 0 aliphatic carbocycles. The third kappa shape index (κ3) is 3.80. The van der Waals surface area contributed by atoms with Gasteiger partial charge < -0.3 is 10.6 Å². The van der Waals surface area contributed by atoms with Gasteiger partial charge in [-0.25, -0.2) is 4.68 Å². The molecule has 10 heteroatoms. The molecule has 0 atom stereocenters. The summed E-state index contributed by atoms with van der Waals surface area (Å²) in [5.41, 5.74) is 2.12. The van der Waals surface area contributed by atoms with E-state index in [2.05, 4.69) is 35.5 Å². The van der Waals surface area contributed by atoms with Crippen molar-refractivity contribution >= 4 is 34.6 Å². The third-order valence-electron chi connectivity index (χ3n) is 3.66. The molecule has 9 nitrogen and oxygen atoms in total. The maximum Gasteiger partial charge on any atom is 0.269 e. The molecular formula is C17H14N8OS. The van der Waals surface area contributed by atoms with Crippen molar-refractivity contribution < 1.29 is 4.79 Å². The van der Waals surface area contributed by atoms with Crippen molar-refractivity contribution in [1.29, 1.82) is 0 Å². The van der Waals surface area contributed by atoms with Crippen LogP contribution in [0.25, 0.3) is 5.82 Å². The summed E-state index contributed by atoms with van der Waals surface area (Å²) in [6.07, 6.45) is 3.48. The van der Waals surface area contributed by atoms with E-state index in [4.69, 9.17) is 0 Å². The highest BCUT2D eigenvalue weighted by molar-refractivity contribution is 7.08. The number of nitrogens with one attached hydrogen (secondary N) is 2. The first-order valence-corrected chi connectivity index (χ1v) is 8.77. The zero-order valence-corrected chi connectivity index (χ0v) is 15.0. The summed E-state index contributed by atoms with van der Waals surface area (Å²) < 4.78 is 5.40. The van der Waals surface area contributed by atoms with E-state index in [1.807, 2.05) is 30.3 Å². The number of carbonyl (C=O) groups excluding carboxylic acids is 1. The Morgan fingerprint density at radius 3 is 2.48 bits per heavy atom. The molecule has 0 saturated carbocycles. The lowest BCUT2D eigenvalue weighted by molar-refractivity contribution is 0.103. The number of hydrogen-bond acceptors (Lipinski definition) is 8. The highest BCUT2D eigenvalue weighted by atomic mass is 32.1. The van der Waals surface area contributed by atoms with Crippen molar-refractivity contribution in [2.75, 3.05) is 10.6 Å². The second-order valence-electron chi connectivity index (χ2n) is 5.57. The summed E-state index contributed by atoms with van der Waals surface area (Å²) in [6, 6.07) is 12.8. The average Bonchev–Trinajstić information content (AvgIpc) is 3.36. The Balaban J connectivity index is 1.40. The summed E-state index contributed by atoms with van der Waals surface area (Å²) in [5.74, 6) is 1.02. The number of benzene rings is 1. The Hall–Kier alpha value is -3.66. The number of nitrogens with zero attached hydrogens (tertiary/aromatic N) is 6. The molecule has 1 aromatic carbocycles. The van der Waals surface area contributed by atoms with Crippen molar-refractivity contribution in [3.63, 3.8) is 0 Å². The van der Waals surface area contributed by atoms with Crippen molar-refractivity contribution in [1.82, 2.24) is 29.6 Å². The van der Waals surface area contributed by atoms with E-state index in [9.17, 15) is 4.79 Å². The van der Waals surface area contributed by atoms with Gasteiger partial charge in [-0.1, -0.05) is 4.49 Å². The molecule has 3 aromatic heterocycles. The predicted octanol–water partition coefficient (Wildman–Crippen LogP) is 2.82. The molecule has 0 fully saturated rings. The largest absolute Gasteiger partial charge is 0.339 e. The van der Waals surface area contributed by atoms with Gasteiger partial charge in [-0.15, -0.1) is 15.3 Å². The number of aromatic nitrogens is 6. The average molecular weight is 378 g/mol. The molecule has 27 heavy (non-hydrogen) atoms. The smallest absolute Gasteiger partial charge is 0.269 e. The van der Waals surface area contributed by atoms with E-state index in [1.54, 1.807) is 36.1 Å². The van der Waals surface area contributed by atoms with Crippen LogP contribution in [0.1, 0.15) is 15.4 Å². The Morgan fingerprint density at radius 1 is 1.04 bits per heavy atom. The van der Waals surface area contributed by atoms with Gasteiger partial charge in [0.15, 0.2) is 11.6 Å². The maximum absolute atomic E-state index is 12.2. The molecule has 4 aromatic rings. The highest BCUT2D eigenvalue weighted by Crippen LogP contribution is 2.19. The highest BCUT2D eigenvalue weighted by Gasteiger charge is 2.13. The monoisotopic (exact) mass is 378 g/mol. The quantitative estimate of drug-likeness (QED) is 0.549. The van der Waals surface area contributed by atoms with Crippen LogP contribution in [0.2, 0.25) is 0 Å². The van der Waals surface area contributed by atoms with E-state index in [0.717, 1.165) is 17.2 Å². The predicted molar refractivity (Wildman–Crippen MR) is 101 cm³/mol. The summed E-state index contributed by atoms with van der Waals surface area (Å²) in [4.78, 5) is 12.7. The zero-order valence-electron chi connectivity index (χ0n) is 14.2. The van der Waals surface area contributed by atoms with Gasteiger partial charge in [-0.2, -0.15) is 5.10 Å². The molecular weight excluding hydrogens is 364 g/mol. The SMILES string of the molecule is Cc1nnsc1C(=O)Nc1ccc(Nc2ccc(-n3cccn3)nn2)cc1. The lowest BCUT2D eigenvalue weighted by Gasteiger charge is -2.08. The number of amides is 1. The number of aryl methyl sites for hydroxylation is 1. The van der Waals surface area contributed by atoms with Gasteiger partial charge in [0.25, 0.3) is 5.91 Å². The Bertz CT molecular complexity index is 1040. The van der Waals surface area contributed by atoms with Crippen molar-refractivity contribution in [2.45, 2.75) is 6.92 Å². The topological polar surface area (TPSA) is 111 Å². The number of carbonyl (C=O) groups is 1. The van der Waals surface area contributed by atoms with Gasteiger partial charge in [-0.3, -0.25) is 4.79 Å². The fourth-order valence-corrected chi connectivity index (χ4v) is 2.88. The van der Waals surface area contributed by atoms with Gasteiger partial charge >= 0.3 is 0 Å². The fourth-order valence-electron chi connectivity index (χ4n) is 2.33. The minimum Gasteiger partial charge on any atom is -0.339 e. The minimum absolute atomic E-state index is 0.219. The Morgan fingerprint density at radius 2 is 1.85 bits per heavy atom. The van der Waals surface area contributed by atoms with Crippen LogP contribution in [0.4, 0.5) is 17.2 Å². The molecule has 0 bridgehead atoms. The van der Waals surface area contributed by atoms with Crippen LogP contribution in [0.3, 0.4) is 0 Å². The van der Waals surface area contributed by atoms with E-state index >= 15 is 0 Å². The zero-order chi connectivity index (χ0) is 18.6. The van der Waals surface area contributed by atoms with Crippen molar-refractivity contribution in [3.8, 4) is 5.82 Å². The molecule has 4 rings (SSSR count). The van der Waals surface area contributed by atoms with Crippen LogP contribution in [0.15, 0.2) is 54.9 Å². The molecule has 0 spiro atoms. The van der Waals surface area contributed by atoms with E-state index in [-0.39, 0.29) is 5.91 Å².